The molecule has 1 amide bonds. The van der Waals surface area contributed by atoms with Crippen LogP contribution in [-0.2, 0) is 21.4 Å². The molecule has 2 aliphatic rings. The van der Waals surface area contributed by atoms with Gasteiger partial charge in [0.15, 0.2) is 0 Å². The Morgan fingerprint density at radius 3 is 2.47 bits per heavy atom. The summed E-state index contributed by atoms with van der Waals surface area (Å²) in [6.07, 6.45) is 1.47. The summed E-state index contributed by atoms with van der Waals surface area (Å²) < 4.78 is 39.5. The average molecular weight is 791 g/mol. The van der Waals surface area contributed by atoms with Gasteiger partial charge in [0.2, 0.25) is 21.9 Å². The number of aliphatic hydroxyl groups excluding tert-OH is 2. The summed E-state index contributed by atoms with van der Waals surface area (Å²) in [5.74, 6) is -0.330. The van der Waals surface area contributed by atoms with Gasteiger partial charge in [0, 0.05) is 67.4 Å². The van der Waals surface area contributed by atoms with E-state index < -0.39 is 28.0 Å². The number of halogens is 3. The standard InChI is InChI=1S/C37H46Cl2FN7O5S/c1-23(2)34-30(35(24-7-10-27(40)11-8-24)43-37(42-34)45(4)53(5,51)52)13-12-28(48)19-29(49)20-33(50)47-15-14-41-36(47)32-22-44(3)16-17-46(32)21-25-6-9-26(38)18-31(25)39/h6-13,18,23,28-29,32,48-49H,14-17,19-22H2,1-5H3/t28-,29+,32?/m0/s1. The van der Waals surface area contributed by atoms with Crippen molar-refractivity contribution in [1.82, 2.24) is 24.7 Å². The highest BCUT2D eigenvalue weighted by Gasteiger charge is 2.37. The lowest BCUT2D eigenvalue weighted by molar-refractivity contribution is -0.129. The van der Waals surface area contributed by atoms with Gasteiger partial charge in [-0.25, -0.2) is 27.1 Å². The first-order valence-corrected chi connectivity index (χ1v) is 20.0. The highest BCUT2D eigenvalue weighted by atomic mass is 35.5. The number of sulfonamides is 1. The van der Waals surface area contributed by atoms with E-state index in [4.69, 9.17) is 28.2 Å². The van der Waals surface area contributed by atoms with Crippen molar-refractivity contribution in [1.29, 1.82) is 0 Å². The molecule has 12 nitrogen and oxygen atoms in total. The molecule has 3 aromatic rings. The topological polar surface area (TPSA) is 143 Å². The zero-order valence-electron chi connectivity index (χ0n) is 30.5. The second-order valence-electron chi connectivity index (χ2n) is 13.9. The van der Waals surface area contributed by atoms with Crippen LogP contribution < -0.4 is 4.31 Å². The van der Waals surface area contributed by atoms with Crippen LogP contribution in [0.1, 0.15) is 49.4 Å². The third-order valence-corrected chi connectivity index (χ3v) is 11.1. The predicted molar refractivity (Wildman–Crippen MR) is 207 cm³/mol. The number of nitrogens with zero attached hydrogens (tertiary/aromatic N) is 7. The number of anilines is 1. The average Bonchev–Trinajstić information content (AvgIpc) is 3.59. The van der Waals surface area contributed by atoms with Gasteiger partial charge in [-0.15, -0.1) is 0 Å². The van der Waals surface area contributed by atoms with E-state index in [0.717, 1.165) is 29.2 Å². The quantitative estimate of drug-likeness (QED) is 0.253. The summed E-state index contributed by atoms with van der Waals surface area (Å²) in [4.78, 5) is 33.6. The number of rotatable bonds is 13. The number of carbonyl (C=O) groups is 1. The van der Waals surface area contributed by atoms with Crippen molar-refractivity contribution in [3.63, 3.8) is 0 Å². The maximum Gasteiger partial charge on any atom is 0.239 e. The van der Waals surface area contributed by atoms with Crippen LogP contribution in [0.4, 0.5) is 10.3 Å². The van der Waals surface area contributed by atoms with Gasteiger partial charge in [-0.1, -0.05) is 55.3 Å². The van der Waals surface area contributed by atoms with Crippen molar-refractivity contribution in [3.8, 4) is 11.3 Å². The summed E-state index contributed by atoms with van der Waals surface area (Å²) in [5, 5.41) is 23.2. The summed E-state index contributed by atoms with van der Waals surface area (Å²) >= 11 is 12.6. The summed E-state index contributed by atoms with van der Waals surface area (Å²) in [7, 11) is -0.313. The second-order valence-corrected chi connectivity index (χ2v) is 16.7. The van der Waals surface area contributed by atoms with E-state index in [2.05, 4.69) is 19.8 Å². The summed E-state index contributed by atoms with van der Waals surface area (Å²) in [6, 6.07) is 10.9. The molecule has 2 aromatic carbocycles. The van der Waals surface area contributed by atoms with Crippen molar-refractivity contribution in [2.75, 3.05) is 57.4 Å². The molecule has 1 fully saturated rings. The molecule has 0 bridgehead atoms. The molecule has 1 unspecified atom stereocenters. The molecule has 1 saturated heterocycles. The number of aliphatic imine (C=N–C) groups is 1. The summed E-state index contributed by atoms with van der Waals surface area (Å²) in [5.41, 5.74) is 2.79. The first-order valence-electron chi connectivity index (χ1n) is 17.4. The van der Waals surface area contributed by atoms with Crippen molar-refractivity contribution in [2.24, 2.45) is 4.99 Å². The van der Waals surface area contributed by atoms with Crippen molar-refractivity contribution < 1.29 is 27.8 Å². The second kappa shape index (κ2) is 17.3. The molecule has 16 heteroatoms. The maximum absolute atomic E-state index is 13.9. The van der Waals surface area contributed by atoms with Crippen LogP contribution in [0.3, 0.4) is 0 Å². The minimum atomic E-state index is -3.69. The zero-order chi connectivity index (χ0) is 38.6. The van der Waals surface area contributed by atoms with Crippen LogP contribution in [-0.4, -0.2) is 126 Å². The maximum atomic E-state index is 13.9. The Labute approximate surface area is 320 Å². The van der Waals surface area contributed by atoms with Crippen LogP contribution >= 0.6 is 23.2 Å². The number of aromatic nitrogens is 2. The molecule has 0 spiro atoms. The highest BCUT2D eigenvalue weighted by Crippen LogP contribution is 2.32. The number of piperazine rings is 1. The van der Waals surface area contributed by atoms with E-state index in [9.17, 15) is 27.8 Å². The molecule has 2 N–H and O–H groups in total. The molecule has 286 valence electrons. The Kier molecular flexibility index (Phi) is 13.3. The Balaban J connectivity index is 1.31. The third kappa shape index (κ3) is 10.2. The Hall–Kier alpha value is -3.50. The van der Waals surface area contributed by atoms with Gasteiger partial charge in [0.05, 0.1) is 48.9 Å². The van der Waals surface area contributed by atoms with Gasteiger partial charge in [0.1, 0.15) is 11.7 Å². The van der Waals surface area contributed by atoms with Gasteiger partial charge >= 0.3 is 0 Å². The van der Waals surface area contributed by atoms with E-state index in [1.54, 1.807) is 23.1 Å². The lowest BCUT2D eigenvalue weighted by atomic mass is 9.97. The lowest BCUT2D eigenvalue weighted by Gasteiger charge is -2.41. The largest absolute Gasteiger partial charge is 0.392 e. The molecular weight excluding hydrogens is 744 g/mol. The Morgan fingerprint density at radius 1 is 1.09 bits per heavy atom. The van der Waals surface area contributed by atoms with Gasteiger partial charge in [-0.2, -0.15) is 0 Å². The number of hydrogen-bond donors (Lipinski definition) is 2. The lowest BCUT2D eigenvalue weighted by Crippen LogP contribution is -2.58. The fourth-order valence-corrected chi connectivity index (χ4v) is 7.26. The smallest absolute Gasteiger partial charge is 0.239 e. The number of likely N-dealkylation sites (N-methyl/N-ethyl adjacent to an activating group) is 1. The highest BCUT2D eigenvalue weighted by molar-refractivity contribution is 7.92. The third-order valence-electron chi connectivity index (χ3n) is 9.37. The van der Waals surface area contributed by atoms with Crippen LogP contribution in [0, 0.1) is 5.82 Å². The normalized spacial score (nSPS) is 18.5. The minimum absolute atomic E-state index is 0.0521. The number of benzene rings is 2. The van der Waals surface area contributed by atoms with Crippen molar-refractivity contribution in [2.45, 2.75) is 57.4 Å². The van der Waals surface area contributed by atoms with E-state index in [1.165, 1.54) is 37.4 Å². The Morgan fingerprint density at radius 2 is 1.81 bits per heavy atom. The molecule has 3 atom stereocenters. The number of carbonyl (C=O) groups excluding carboxylic acids is 1. The van der Waals surface area contributed by atoms with Gasteiger partial charge in [-0.3, -0.25) is 19.6 Å². The zero-order valence-corrected chi connectivity index (χ0v) is 32.8. The monoisotopic (exact) mass is 789 g/mol. The first-order chi connectivity index (χ1) is 25.0. The molecule has 3 heterocycles. The molecule has 53 heavy (non-hydrogen) atoms. The fourth-order valence-electron chi connectivity index (χ4n) is 6.42. The summed E-state index contributed by atoms with van der Waals surface area (Å²) in [6.45, 7) is 7.42. The predicted octanol–water partition coefficient (Wildman–Crippen LogP) is 4.68. The van der Waals surface area contributed by atoms with Crippen LogP contribution in [0.15, 0.2) is 53.5 Å². The number of amides is 1. The molecule has 0 aliphatic carbocycles. The number of amidine groups is 1. The van der Waals surface area contributed by atoms with E-state index in [-0.39, 0.29) is 36.7 Å². The SMILES string of the molecule is CC(C)c1nc(N(C)S(C)(=O)=O)nc(-c2ccc(F)cc2)c1C=C[C@H](O)C[C@@H](O)CC(=O)N1CCN=C1C1CN(C)CCN1Cc1ccc(Cl)cc1Cl. The molecule has 0 radical (unpaired) electrons. The van der Waals surface area contributed by atoms with E-state index in [1.807, 2.05) is 27.0 Å². The fraction of sp³-hybridized carbons (Fsp3) is 0.459. The molecular formula is C37H46Cl2FN7O5S. The van der Waals surface area contributed by atoms with Crippen molar-refractivity contribution in [3.05, 3.63) is 81.2 Å². The Bertz CT molecular complexity index is 1970. The van der Waals surface area contributed by atoms with E-state index in [0.29, 0.717) is 64.6 Å². The van der Waals surface area contributed by atoms with Crippen LogP contribution in [0.25, 0.3) is 17.3 Å². The number of aliphatic hydroxyl groups is 2. The van der Waals surface area contributed by atoms with Crippen LogP contribution in [0.2, 0.25) is 10.0 Å². The molecule has 0 saturated carbocycles. The number of hydrogen-bond acceptors (Lipinski definition) is 10. The molecule has 5 rings (SSSR count). The van der Waals surface area contributed by atoms with E-state index >= 15 is 0 Å². The van der Waals surface area contributed by atoms with Crippen LogP contribution in [0.5, 0.6) is 0 Å². The van der Waals surface area contributed by atoms with Gasteiger partial charge in [-0.05, 0) is 54.9 Å². The van der Waals surface area contributed by atoms with Crippen molar-refractivity contribution >= 4 is 57.0 Å². The van der Waals surface area contributed by atoms with Gasteiger partial charge in [0.25, 0.3) is 0 Å². The minimum Gasteiger partial charge on any atom is -0.392 e. The first kappa shape index (κ1) is 40.7. The molecule has 2 aliphatic heterocycles. The van der Waals surface area contributed by atoms with Gasteiger partial charge < -0.3 is 15.1 Å². The molecule has 1 aromatic heterocycles.